The van der Waals surface area contributed by atoms with Gasteiger partial charge in [0.05, 0.1) is 17.3 Å². The van der Waals surface area contributed by atoms with Crippen molar-refractivity contribution in [1.82, 2.24) is 15.6 Å². The highest BCUT2D eigenvalue weighted by Gasteiger charge is 2.34. The molecule has 2 amide bonds. The molecule has 1 atom stereocenters. The van der Waals surface area contributed by atoms with Crippen LogP contribution in [0.1, 0.15) is 37.2 Å². The third-order valence-corrected chi connectivity index (χ3v) is 5.20. The molecule has 1 aliphatic carbocycles. The smallest absolute Gasteiger partial charge is 0.315 e. The average molecular weight is 331 g/mol. The van der Waals surface area contributed by atoms with Crippen molar-refractivity contribution in [3.05, 3.63) is 40.7 Å². The molecule has 1 aromatic heterocycles. The van der Waals surface area contributed by atoms with Crippen molar-refractivity contribution in [3.8, 4) is 11.3 Å². The maximum Gasteiger partial charge on any atom is 0.315 e. The number of benzene rings is 1. The second-order valence-corrected chi connectivity index (χ2v) is 6.95. The summed E-state index contributed by atoms with van der Waals surface area (Å²) < 4.78 is 0. The lowest BCUT2D eigenvalue weighted by Crippen LogP contribution is -2.50. The zero-order chi connectivity index (χ0) is 16.3. The molecule has 0 saturated heterocycles. The Bertz CT molecular complexity index is 667. The molecule has 3 N–H and O–H groups in total. The van der Waals surface area contributed by atoms with Crippen LogP contribution >= 0.6 is 11.3 Å². The predicted molar refractivity (Wildman–Crippen MR) is 91.3 cm³/mol. The number of aromatic nitrogens is 1. The highest BCUT2D eigenvalue weighted by atomic mass is 32.1. The Labute approximate surface area is 139 Å². The highest BCUT2D eigenvalue weighted by molar-refractivity contribution is 7.10. The summed E-state index contributed by atoms with van der Waals surface area (Å²) in [5, 5.41) is 18.5. The van der Waals surface area contributed by atoms with E-state index in [1.165, 1.54) is 11.3 Å². The van der Waals surface area contributed by atoms with Gasteiger partial charge in [0.15, 0.2) is 0 Å². The van der Waals surface area contributed by atoms with E-state index < -0.39 is 5.60 Å². The molecule has 5 nitrogen and oxygen atoms in total. The van der Waals surface area contributed by atoms with Gasteiger partial charge in [-0.15, -0.1) is 11.3 Å². The number of thiazole rings is 1. The first-order chi connectivity index (χ1) is 11.1. The summed E-state index contributed by atoms with van der Waals surface area (Å²) in [4.78, 5) is 16.5. The molecule has 1 aromatic carbocycles. The quantitative estimate of drug-likeness (QED) is 0.788. The van der Waals surface area contributed by atoms with Gasteiger partial charge in [-0.3, -0.25) is 0 Å². The predicted octanol–water partition coefficient (Wildman–Crippen LogP) is 3.09. The van der Waals surface area contributed by atoms with E-state index in [4.69, 9.17) is 0 Å². The van der Waals surface area contributed by atoms with Gasteiger partial charge in [0.2, 0.25) is 0 Å². The summed E-state index contributed by atoms with van der Waals surface area (Å²) in [6, 6.07) is 9.53. The van der Waals surface area contributed by atoms with Gasteiger partial charge in [0.25, 0.3) is 0 Å². The Morgan fingerprint density at radius 3 is 2.78 bits per heavy atom. The lowest BCUT2D eigenvalue weighted by molar-refractivity contribution is -0.0290. The molecule has 1 heterocycles. The minimum absolute atomic E-state index is 0.173. The first-order valence-electron chi connectivity index (χ1n) is 7.83. The lowest BCUT2D eigenvalue weighted by atomic mass is 9.80. The van der Waals surface area contributed by atoms with Crippen molar-refractivity contribution in [2.45, 2.75) is 37.8 Å². The molecule has 2 aromatic rings. The number of urea groups is 1. The van der Waals surface area contributed by atoms with Crippen LogP contribution in [-0.4, -0.2) is 28.3 Å². The second kappa shape index (κ2) is 6.68. The molecule has 122 valence electrons. The van der Waals surface area contributed by atoms with Crippen LogP contribution in [0.3, 0.4) is 0 Å². The van der Waals surface area contributed by atoms with Crippen molar-refractivity contribution in [3.63, 3.8) is 0 Å². The van der Waals surface area contributed by atoms with Gasteiger partial charge in [-0.2, -0.15) is 0 Å². The molecule has 3 rings (SSSR count). The van der Waals surface area contributed by atoms with Crippen LogP contribution in [0.5, 0.6) is 0 Å². The van der Waals surface area contributed by atoms with Crippen LogP contribution in [0.2, 0.25) is 0 Å². The normalized spacial score (nSPS) is 17.1. The molecule has 1 saturated carbocycles. The van der Waals surface area contributed by atoms with Crippen molar-refractivity contribution >= 4 is 17.4 Å². The number of carbonyl (C=O) groups is 1. The number of nitrogens with zero attached hydrogens (tertiary/aromatic N) is 1. The first-order valence-corrected chi connectivity index (χ1v) is 8.71. The summed E-state index contributed by atoms with van der Waals surface area (Å²) in [6.07, 6.45) is 2.54. The summed E-state index contributed by atoms with van der Waals surface area (Å²) in [6.45, 7) is 2.21. The Balaban J connectivity index is 1.55. The minimum Gasteiger partial charge on any atom is -0.388 e. The summed E-state index contributed by atoms with van der Waals surface area (Å²) in [5.41, 5.74) is 1.28. The molecule has 1 unspecified atom stereocenters. The van der Waals surface area contributed by atoms with Crippen LogP contribution < -0.4 is 10.6 Å². The number of hydrogen-bond donors (Lipinski definition) is 3. The SMILES string of the molecule is CC(NC(=O)NCC1(O)CCC1)c1nc(-c2ccccc2)cs1. The van der Waals surface area contributed by atoms with Crippen LogP contribution in [0.25, 0.3) is 11.3 Å². The maximum absolute atomic E-state index is 11.9. The number of carbonyl (C=O) groups excluding carboxylic acids is 1. The third-order valence-electron chi connectivity index (χ3n) is 4.17. The van der Waals surface area contributed by atoms with E-state index in [0.717, 1.165) is 35.5 Å². The summed E-state index contributed by atoms with van der Waals surface area (Å²) in [7, 11) is 0. The molecule has 0 spiro atoms. The van der Waals surface area contributed by atoms with E-state index in [-0.39, 0.29) is 12.1 Å². The summed E-state index contributed by atoms with van der Waals surface area (Å²) in [5.74, 6) is 0. The Morgan fingerprint density at radius 2 is 2.13 bits per heavy atom. The van der Waals surface area contributed by atoms with E-state index in [1.54, 1.807) is 0 Å². The van der Waals surface area contributed by atoms with Crippen LogP contribution in [-0.2, 0) is 0 Å². The molecular weight excluding hydrogens is 310 g/mol. The molecule has 1 fully saturated rings. The average Bonchev–Trinajstić information content (AvgIpc) is 3.02. The largest absolute Gasteiger partial charge is 0.388 e. The van der Waals surface area contributed by atoms with Gasteiger partial charge in [-0.05, 0) is 26.2 Å². The second-order valence-electron chi connectivity index (χ2n) is 6.06. The monoisotopic (exact) mass is 331 g/mol. The number of amides is 2. The zero-order valence-electron chi connectivity index (χ0n) is 13.1. The van der Waals surface area contributed by atoms with Crippen molar-refractivity contribution < 1.29 is 9.90 Å². The zero-order valence-corrected chi connectivity index (χ0v) is 13.9. The molecule has 0 bridgehead atoms. The third kappa shape index (κ3) is 3.89. The molecule has 1 aliphatic rings. The van der Waals surface area contributed by atoms with E-state index >= 15 is 0 Å². The Kier molecular flexibility index (Phi) is 4.63. The van der Waals surface area contributed by atoms with Gasteiger partial charge < -0.3 is 15.7 Å². The fourth-order valence-corrected chi connectivity index (χ4v) is 3.38. The van der Waals surface area contributed by atoms with Gasteiger partial charge in [-0.25, -0.2) is 9.78 Å². The molecule has 23 heavy (non-hydrogen) atoms. The molecular formula is C17H21N3O2S. The molecule has 0 aliphatic heterocycles. The lowest BCUT2D eigenvalue weighted by Gasteiger charge is -2.36. The van der Waals surface area contributed by atoms with Crippen molar-refractivity contribution in [2.75, 3.05) is 6.54 Å². The van der Waals surface area contributed by atoms with E-state index in [9.17, 15) is 9.90 Å². The fourth-order valence-electron chi connectivity index (χ4n) is 2.54. The number of aliphatic hydroxyl groups is 1. The van der Waals surface area contributed by atoms with Gasteiger partial charge in [-0.1, -0.05) is 30.3 Å². The standard InChI is InChI=1S/C17H21N3O2S/c1-12(19-16(21)18-11-17(22)8-5-9-17)15-20-14(10-23-15)13-6-3-2-4-7-13/h2-4,6-7,10,12,22H,5,8-9,11H2,1H3,(H2,18,19,21). The van der Waals surface area contributed by atoms with Crippen molar-refractivity contribution in [1.29, 1.82) is 0 Å². The number of hydrogen-bond acceptors (Lipinski definition) is 4. The molecule has 6 heteroatoms. The maximum atomic E-state index is 11.9. The number of rotatable bonds is 5. The van der Waals surface area contributed by atoms with Crippen molar-refractivity contribution in [2.24, 2.45) is 0 Å². The topological polar surface area (TPSA) is 74.2 Å². The van der Waals surface area contributed by atoms with E-state index in [2.05, 4.69) is 15.6 Å². The highest BCUT2D eigenvalue weighted by Crippen LogP contribution is 2.30. The van der Waals surface area contributed by atoms with E-state index in [0.29, 0.717) is 6.54 Å². The van der Waals surface area contributed by atoms with Crippen LogP contribution in [0.15, 0.2) is 35.7 Å². The summed E-state index contributed by atoms with van der Waals surface area (Å²) >= 11 is 1.53. The Hall–Kier alpha value is -1.92. The molecule has 0 radical (unpaired) electrons. The van der Waals surface area contributed by atoms with E-state index in [1.807, 2.05) is 42.6 Å². The van der Waals surface area contributed by atoms with Gasteiger partial charge in [0.1, 0.15) is 5.01 Å². The van der Waals surface area contributed by atoms with Crippen LogP contribution in [0.4, 0.5) is 4.79 Å². The fraction of sp³-hybridized carbons (Fsp3) is 0.412. The first kappa shape index (κ1) is 16.0. The van der Waals surface area contributed by atoms with Gasteiger partial charge >= 0.3 is 6.03 Å². The Morgan fingerprint density at radius 1 is 1.39 bits per heavy atom. The van der Waals surface area contributed by atoms with Gasteiger partial charge in [0, 0.05) is 17.5 Å². The number of nitrogens with one attached hydrogen (secondary N) is 2. The van der Waals surface area contributed by atoms with Crippen LogP contribution in [0, 0.1) is 0 Å². The minimum atomic E-state index is -0.706.